The van der Waals surface area contributed by atoms with E-state index < -0.39 is 0 Å². The SMILES string of the molecule is S=C(Nc1ccc(I)cc1)Nc1ccccc1Cl. The van der Waals surface area contributed by atoms with Gasteiger partial charge in [-0.15, -0.1) is 0 Å². The summed E-state index contributed by atoms with van der Waals surface area (Å²) in [5.41, 5.74) is 1.74. The first kappa shape index (κ1) is 13.6. The van der Waals surface area contributed by atoms with Crippen LogP contribution in [0.15, 0.2) is 48.5 Å². The number of halogens is 2. The Morgan fingerprint density at radius 1 is 1.00 bits per heavy atom. The molecule has 0 aliphatic carbocycles. The predicted octanol–water partition coefficient (Wildman–Crippen LogP) is 4.75. The van der Waals surface area contributed by atoms with Crippen LogP contribution in [0.25, 0.3) is 0 Å². The number of anilines is 2. The molecule has 2 rings (SSSR count). The Kier molecular flexibility index (Phi) is 4.79. The van der Waals surface area contributed by atoms with Gasteiger partial charge >= 0.3 is 0 Å². The zero-order chi connectivity index (χ0) is 13.0. The highest BCUT2D eigenvalue weighted by molar-refractivity contribution is 14.1. The number of hydrogen-bond donors (Lipinski definition) is 2. The summed E-state index contributed by atoms with van der Waals surface area (Å²) in [5, 5.41) is 7.32. The second-order valence-corrected chi connectivity index (χ2v) is 5.63. The summed E-state index contributed by atoms with van der Waals surface area (Å²) in [6, 6.07) is 15.5. The van der Waals surface area contributed by atoms with Gasteiger partial charge in [-0.05, 0) is 71.2 Å². The van der Waals surface area contributed by atoms with Crippen LogP contribution < -0.4 is 10.6 Å². The largest absolute Gasteiger partial charge is 0.332 e. The van der Waals surface area contributed by atoms with E-state index in [1.807, 2.05) is 48.5 Å². The van der Waals surface area contributed by atoms with Crippen LogP contribution in [0.5, 0.6) is 0 Å². The normalized spacial score (nSPS) is 9.89. The fourth-order valence-corrected chi connectivity index (χ4v) is 2.15. The highest BCUT2D eigenvalue weighted by Crippen LogP contribution is 2.20. The average Bonchev–Trinajstić information content (AvgIpc) is 2.35. The molecule has 5 heteroatoms. The molecule has 0 spiro atoms. The van der Waals surface area contributed by atoms with Crippen LogP contribution >= 0.6 is 46.4 Å². The van der Waals surface area contributed by atoms with E-state index in [1.54, 1.807) is 0 Å². The van der Waals surface area contributed by atoms with E-state index in [4.69, 9.17) is 23.8 Å². The zero-order valence-electron chi connectivity index (χ0n) is 9.28. The second-order valence-electron chi connectivity index (χ2n) is 3.57. The van der Waals surface area contributed by atoms with Crippen molar-refractivity contribution in [1.29, 1.82) is 0 Å². The minimum atomic E-state index is 0.518. The van der Waals surface area contributed by atoms with E-state index in [0.717, 1.165) is 11.4 Å². The predicted molar refractivity (Wildman–Crippen MR) is 90.5 cm³/mol. The van der Waals surface area contributed by atoms with Gasteiger partial charge < -0.3 is 10.6 Å². The lowest BCUT2D eigenvalue weighted by molar-refractivity contribution is 1.58. The summed E-state index contributed by atoms with van der Waals surface area (Å²) in [5.74, 6) is 0. The molecule has 0 amide bonds. The van der Waals surface area contributed by atoms with Crippen molar-refractivity contribution in [2.24, 2.45) is 0 Å². The third-order valence-electron chi connectivity index (χ3n) is 2.22. The molecular formula is C13H10ClIN2S. The Bertz CT molecular complexity index is 557. The molecule has 2 N–H and O–H groups in total. The number of rotatable bonds is 2. The van der Waals surface area contributed by atoms with Crippen LogP contribution in [0.4, 0.5) is 11.4 Å². The molecule has 0 bridgehead atoms. The van der Waals surface area contributed by atoms with E-state index in [-0.39, 0.29) is 0 Å². The van der Waals surface area contributed by atoms with Crippen molar-refractivity contribution in [2.75, 3.05) is 10.6 Å². The molecule has 0 unspecified atom stereocenters. The van der Waals surface area contributed by atoms with Gasteiger partial charge in [-0.25, -0.2) is 0 Å². The number of hydrogen-bond acceptors (Lipinski definition) is 1. The van der Waals surface area contributed by atoms with E-state index >= 15 is 0 Å². The van der Waals surface area contributed by atoms with Crippen molar-refractivity contribution in [2.45, 2.75) is 0 Å². The Balaban J connectivity index is 2.01. The van der Waals surface area contributed by atoms with Gasteiger partial charge in [0.2, 0.25) is 0 Å². The molecule has 2 aromatic carbocycles. The average molecular weight is 389 g/mol. The van der Waals surface area contributed by atoms with Crippen molar-refractivity contribution in [3.8, 4) is 0 Å². The zero-order valence-corrected chi connectivity index (χ0v) is 13.0. The molecular weight excluding hydrogens is 379 g/mol. The maximum absolute atomic E-state index is 6.04. The standard InChI is InChI=1S/C13H10ClIN2S/c14-11-3-1-2-4-12(11)17-13(18)16-10-7-5-9(15)6-8-10/h1-8H,(H2,16,17,18). The van der Waals surface area contributed by atoms with E-state index in [9.17, 15) is 0 Å². The molecule has 0 fully saturated rings. The van der Waals surface area contributed by atoms with Gasteiger partial charge in [0, 0.05) is 9.26 Å². The molecule has 0 saturated carbocycles. The first-order chi connectivity index (χ1) is 8.65. The van der Waals surface area contributed by atoms with Gasteiger partial charge in [0.25, 0.3) is 0 Å². The van der Waals surface area contributed by atoms with Gasteiger partial charge in [-0.3, -0.25) is 0 Å². The van der Waals surface area contributed by atoms with Crippen LogP contribution in [-0.2, 0) is 0 Å². The lowest BCUT2D eigenvalue weighted by Gasteiger charge is -2.11. The lowest BCUT2D eigenvalue weighted by Crippen LogP contribution is -2.19. The highest BCUT2D eigenvalue weighted by Gasteiger charge is 2.01. The third kappa shape index (κ3) is 3.83. The Labute approximate surface area is 130 Å². The quantitative estimate of drug-likeness (QED) is 0.573. The molecule has 0 atom stereocenters. The number of para-hydroxylation sites is 1. The van der Waals surface area contributed by atoms with Crippen molar-refractivity contribution < 1.29 is 0 Å². The fourth-order valence-electron chi connectivity index (χ4n) is 1.38. The summed E-state index contributed by atoms with van der Waals surface area (Å²) in [4.78, 5) is 0. The monoisotopic (exact) mass is 388 g/mol. The van der Waals surface area contributed by atoms with E-state index in [0.29, 0.717) is 10.1 Å². The second kappa shape index (κ2) is 6.36. The van der Waals surface area contributed by atoms with Crippen LogP contribution in [0.2, 0.25) is 5.02 Å². The first-order valence-electron chi connectivity index (χ1n) is 5.23. The smallest absolute Gasteiger partial charge is 0.175 e. The number of thiocarbonyl (C=S) groups is 1. The van der Waals surface area contributed by atoms with Gasteiger partial charge in [0.1, 0.15) is 0 Å². The van der Waals surface area contributed by atoms with Crippen LogP contribution in [0.1, 0.15) is 0 Å². The summed E-state index contributed by atoms with van der Waals surface area (Å²) < 4.78 is 1.18. The van der Waals surface area contributed by atoms with E-state index in [2.05, 4.69) is 33.2 Å². The van der Waals surface area contributed by atoms with Crippen LogP contribution in [0.3, 0.4) is 0 Å². The minimum Gasteiger partial charge on any atom is -0.332 e. The molecule has 92 valence electrons. The lowest BCUT2D eigenvalue weighted by atomic mass is 10.3. The van der Waals surface area contributed by atoms with Gasteiger partial charge in [0.05, 0.1) is 10.7 Å². The molecule has 0 aromatic heterocycles. The third-order valence-corrected chi connectivity index (χ3v) is 3.48. The van der Waals surface area contributed by atoms with Crippen molar-refractivity contribution in [3.63, 3.8) is 0 Å². The maximum atomic E-state index is 6.04. The molecule has 2 aromatic rings. The number of benzene rings is 2. The maximum Gasteiger partial charge on any atom is 0.175 e. The minimum absolute atomic E-state index is 0.518. The van der Waals surface area contributed by atoms with Gasteiger partial charge in [-0.2, -0.15) is 0 Å². The van der Waals surface area contributed by atoms with Crippen LogP contribution in [-0.4, -0.2) is 5.11 Å². The Hall–Kier alpha value is -0.850. The molecule has 2 nitrogen and oxygen atoms in total. The van der Waals surface area contributed by atoms with Crippen LogP contribution in [0, 0.1) is 3.57 Å². The molecule has 0 heterocycles. The molecule has 0 saturated heterocycles. The van der Waals surface area contributed by atoms with Crippen molar-refractivity contribution in [1.82, 2.24) is 0 Å². The molecule has 18 heavy (non-hydrogen) atoms. The molecule has 0 aliphatic heterocycles. The van der Waals surface area contributed by atoms with Crippen molar-refractivity contribution in [3.05, 3.63) is 57.1 Å². The topological polar surface area (TPSA) is 24.1 Å². The Morgan fingerprint density at radius 2 is 1.67 bits per heavy atom. The summed E-state index contributed by atoms with van der Waals surface area (Å²) in [6.07, 6.45) is 0. The van der Waals surface area contributed by atoms with Gasteiger partial charge in [-0.1, -0.05) is 23.7 Å². The Morgan fingerprint density at radius 3 is 2.33 bits per heavy atom. The summed E-state index contributed by atoms with van der Waals surface area (Å²) in [7, 11) is 0. The summed E-state index contributed by atoms with van der Waals surface area (Å²) in [6.45, 7) is 0. The van der Waals surface area contributed by atoms with E-state index in [1.165, 1.54) is 3.57 Å². The molecule has 0 aliphatic rings. The van der Waals surface area contributed by atoms with Gasteiger partial charge in [0.15, 0.2) is 5.11 Å². The number of nitrogens with one attached hydrogen (secondary N) is 2. The summed E-state index contributed by atoms with van der Waals surface area (Å²) >= 11 is 13.5. The first-order valence-corrected chi connectivity index (χ1v) is 7.10. The van der Waals surface area contributed by atoms with Crippen molar-refractivity contribution >= 4 is 62.9 Å². The fraction of sp³-hybridized carbons (Fsp3) is 0. The highest BCUT2D eigenvalue weighted by atomic mass is 127. The molecule has 0 radical (unpaired) electrons.